The van der Waals surface area contributed by atoms with Crippen LogP contribution in [0.15, 0.2) is 36.4 Å². The van der Waals surface area contributed by atoms with Crippen LogP contribution in [0.1, 0.15) is 21.6 Å². The van der Waals surface area contributed by atoms with Gasteiger partial charge in [-0.3, -0.25) is 0 Å². The fourth-order valence-electron chi connectivity index (χ4n) is 1.61. The summed E-state index contributed by atoms with van der Waals surface area (Å²) in [6.45, 7) is 3.69. The topological polar surface area (TPSA) is 59.4 Å². The van der Waals surface area contributed by atoms with Crippen LogP contribution in [0, 0.1) is 13.8 Å². The number of hydrogen-bond acceptors (Lipinski definition) is 3. The molecule has 0 bridgehead atoms. The predicted octanol–water partition coefficient (Wildman–Crippen LogP) is 3.19. The van der Waals surface area contributed by atoms with E-state index in [0.717, 1.165) is 5.56 Å². The summed E-state index contributed by atoms with van der Waals surface area (Å²) in [5, 5.41) is 8.96. The van der Waals surface area contributed by atoms with E-state index in [1.807, 2.05) is 25.1 Å². The number of aryl methyl sites for hydroxylation is 2. The highest BCUT2D eigenvalue weighted by atomic mass is 16.5. The Bertz CT molecular complexity index is 593. The van der Waals surface area contributed by atoms with Crippen molar-refractivity contribution in [1.82, 2.24) is 4.98 Å². The summed E-state index contributed by atoms with van der Waals surface area (Å²) >= 11 is 0. The fraction of sp³-hybridized carbons (Fsp3) is 0.143. The highest BCUT2D eigenvalue weighted by Crippen LogP contribution is 2.21. The van der Waals surface area contributed by atoms with E-state index in [1.165, 1.54) is 12.1 Å². The Morgan fingerprint density at radius 1 is 1.22 bits per heavy atom. The molecule has 0 atom stereocenters. The molecule has 4 nitrogen and oxygen atoms in total. The van der Waals surface area contributed by atoms with Gasteiger partial charge in [0.1, 0.15) is 5.75 Å². The van der Waals surface area contributed by atoms with E-state index >= 15 is 0 Å². The molecule has 2 aromatic rings. The molecular weight excluding hydrogens is 230 g/mol. The van der Waals surface area contributed by atoms with Crippen molar-refractivity contribution in [1.29, 1.82) is 0 Å². The second kappa shape index (κ2) is 4.87. The maximum absolute atomic E-state index is 10.9. The summed E-state index contributed by atoms with van der Waals surface area (Å²) in [6.07, 6.45) is 0. The number of benzene rings is 1. The number of pyridine rings is 1. The summed E-state index contributed by atoms with van der Waals surface area (Å²) in [6, 6.07) is 10.4. The largest absolute Gasteiger partial charge is 0.478 e. The first kappa shape index (κ1) is 12.1. The number of aromatic nitrogens is 1. The van der Waals surface area contributed by atoms with Gasteiger partial charge in [-0.25, -0.2) is 9.78 Å². The van der Waals surface area contributed by atoms with Crippen LogP contribution < -0.4 is 4.74 Å². The first-order valence-corrected chi connectivity index (χ1v) is 5.51. The van der Waals surface area contributed by atoms with Crippen molar-refractivity contribution in [3.63, 3.8) is 0 Å². The monoisotopic (exact) mass is 243 g/mol. The van der Waals surface area contributed by atoms with Crippen molar-refractivity contribution < 1.29 is 14.6 Å². The number of carboxylic acids is 1. The van der Waals surface area contributed by atoms with Gasteiger partial charge in [0.2, 0.25) is 5.88 Å². The van der Waals surface area contributed by atoms with Gasteiger partial charge >= 0.3 is 5.97 Å². The molecule has 4 heteroatoms. The zero-order valence-corrected chi connectivity index (χ0v) is 10.2. The lowest BCUT2D eigenvalue weighted by Gasteiger charge is -2.07. The summed E-state index contributed by atoms with van der Waals surface area (Å²) < 4.78 is 5.56. The second-order valence-electron chi connectivity index (χ2n) is 4.06. The van der Waals surface area contributed by atoms with E-state index in [4.69, 9.17) is 9.84 Å². The van der Waals surface area contributed by atoms with Crippen LogP contribution >= 0.6 is 0 Å². The molecule has 0 unspecified atom stereocenters. The molecule has 0 aliphatic rings. The molecule has 1 N–H and O–H groups in total. The number of carbonyl (C=O) groups is 1. The zero-order valence-electron chi connectivity index (χ0n) is 10.2. The lowest BCUT2D eigenvalue weighted by Crippen LogP contribution is -1.99. The van der Waals surface area contributed by atoms with E-state index in [2.05, 4.69) is 4.98 Å². The molecule has 0 amide bonds. The normalized spacial score (nSPS) is 10.1. The standard InChI is InChI=1S/C14H13NO3/c1-9-4-3-5-12(6-9)18-13-8-11(14(16)17)7-10(2)15-13/h3-8H,1-2H3,(H,16,17). The number of rotatable bonds is 3. The minimum Gasteiger partial charge on any atom is -0.478 e. The Balaban J connectivity index is 2.31. The number of hydrogen-bond donors (Lipinski definition) is 1. The van der Waals surface area contributed by atoms with Crippen molar-refractivity contribution in [2.75, 3.05) is 0 Å². The molecule has 1 heterocycles. The van der Waals surface area contributed by atoms with Gasteiger partial charge in [-0.05, 0) is 37.6 Å². The number of nitrogens with zero attached hydrogens (tertiary/aromatic N) is 1. The highest BCUT2D eigenvalue weighted by molar-refractivity contribution is 5.88. The summed E-state index contributed by atoms with van der Waals surface area (Å²) in [5.74, 6) is -0.0583. The van der Waals surface area contributed by atoms with Crippen molar-refractivity contribution in [2.45, 2.75) is 13.8 Å². The molecule has 0 fully saturated rings. The minimum atomic E-state index is -0.991. The lowest BCUT2D eigenvalue weighted by atomic mass is 10.2. The third-order valence-electron chi connectivity index (χ3n) is 2.39. The molecular formula is C14H13NO3. The molecule has 0 aliphatic carbocycles. The van der Waals surface area contributed by atoms with E-state index in [0.29, 0.717) is 11.4 Å². The van der Waals surface area contributed by atoms with Crippen molar-refractivity contribution >= 4 is 5.97 Å². The first-order chi connectivity index (χ1) is 8.54. The Morgan fingerprint density at radius 2 is 2.00 bits per heavy atom. The molecule has 0 radical (unpaired) electrons. The lowest BCUT2D eigenvalue weighted by molar-refractivity contribution is 0.0696. The predicted molar refractivity (Wildman–Crippen MR) is 67.2 cm³/mol. The molecule has 1 aromatic heterocycles. The highest BCUT2D eigenvalue weighted by Gasteiger charge is 2.08. The van der Waals surface area contributed by atoms with Crippen LogP contribution in [0.25, 0.3) is 0 Å². The van der Waals surface area contributed by atoms with Gasteiger partial charge < -0.3 is 9.84 Å². The fourth-order valence-corrected chi connectivity index (χ4v) is 1.61. The number of aromatic carboxylic acids is 1. The number of carboxylic acid groups (broad SMARTS) is 1. The zero-order chi connectivity index (χ0) is 13.1. The third-order valence-corrected chi connectivity index (χ3v) is 2.39. The molecule has 92 valence electrons. The van der Waals surface area contributed by atoms with Crippen LogP contribution in [0.2, 0.25) is 0 Å². The van der Waals surface area contributed by atoms with Gasteiger partial charge in [-0.2, -0.15) is 0 Å². The molecule has 0 saturated carbocycles. The van der Waals surface area contributed by atoms with Gasteiger partial charge in [-0.1, -0.05) is 12.1 Å². The second-order valence-corrected chi connectivity index (χ2v) is 4.06. The van der Waals surface area contributed by atoms with Gasteiger partial charge in [-0.15, -0.1) is 0 Å². The Kier molecular flexibility index (Phi) is 3.28. The Morgan fingerprint density at radius 3 is 2.67 bits per heavy atom. The van der Waals surface area contributed by atoms with Crippen molar-refractivity contribution in [3.8, 4) is 11.6 Å². The van der Waals surface area contributed by atoms with Gasteiger partial charge in [0.05, 0.1) is 5.56 Å². The SMILES string of the molecule is Cc1cccc(Oc2cc(C(=O)O)cc(C)n2)c1. The van der Waals surface area contributed by atoms with E-state index in [1.54, 1.807) is 13.0 Å². The van der Waals surface area contributed by atoms with Crippen LogP contribution in [0.5, 0.6) is 11.6 Å². The molecule has 0 aliphatic heterocycles. The Labute approximate surface area is 105 Å². The van der Waals surface area contributed by atoms with Crippen LogP contribution in [-0.4, -0.2) is 16.1 Å². The smallest absolute Gasteiger partial charge is 0.335 e. The van der Waals surface area contributed by atoms with Crippen molar-refractivity contribution in [3.05, 3.63) is 53.2 Å². The van der Waals surface area contributed by atoms with Gasteiger partial charge in [0.25, 0.3) is 0 Å². The summed E-state index contributed by atoms with van der Waals surface area (Å²) in [7, 11) is 0. The van der Waals surface area contributed by atoms with Crippen LogP contribution in [0.4, 0.5) is 0 Å². The summed E-state index contributed by atoms with van der Waals surface area (Å²) in [4.78, 5) is 15.1. The molecule has 2 rings (SSSR count). The third kappa shape index (κ3) is 2.85. The first-order valence-electron chi connectivity index (χ1n) is 5.51. The molecule has 18 heavy (non-hydrogen) atoms. The minimum absolute atomic E-state index is 0.171. The summed E-state index contributed by atoms with van der Waals surface area (Å²) in [5.41, 5.74) is 1.85. The van der Waals surface area contributed by atoms with Crippen molar-refractivity contribution in [2.24, 2.45) is 0 Å². The quantitative estimate of drug-likeness (QED) is 0.899. The Hall–Kier alpha value is -2.36. The molecule has 0 saturated heterocycles. The maximum Gasteiger partial charge on any atom is 0.335 e. The van der Waals surface area contributed by atoms with Crippen LogP contribution in [-0.2, 0) is 0 Å². The molecule has 0 spiro atoms. The maximum atomic E-state index is 10.9. The van der Waals surface area contributed by atoms with Crippen LogP contribution in [0.3, 0.4) is 0 Å². The van der Waals surface area contributed by atoms with Gasteiger partial charge in [0.15, 0.2) is 0 Å². The van der Waals surface area contributed by atoms with E-state index in [-0.39, 0.29) is 11.4 Å². The average molecular weight is 243 g/mol. The average Bonchev–Trinajstić information content (AvgIpc) is 2.28. The van der Waals surface area contributed by atoms with E-state index in [9.17, 15) is 4.79 Å². The number of ether oxygens (including phenoxy) is 1. The van der Waals surface area contributed by atoms with Gasteiger partial charge in [0, 0.05) is 11.8 Å². The van der Waals surface area contributed by atoms with E-state index < -0.39 is 5.97 Å². The molecule has 1 aromatic carbocycles.